The Morgan fingerprint density at radius 3 is 2.15 bits per heavy atom. The van der Waals surface area contributed by atoms with Crippen LogP contribution in [-0.4, -0.2) is 14.5 Å². The predicted octanol–water partition coefficient (Wildman–Crippen LogP) is 1.39. The van der Waals surface area contributed by atoms with Gasteiger partial charge in [-0.05, 0) is 26.0 Å². The summed E-state index contributed by atoms with van der Waals surface area (Å²) in [5.41, 5.74) is 0. The summed E-state index contributed by atoms with van der Waals surface area (Å²) in [6, 6.07) is 8.02. The van der Waals surface area contributed by atoms with Crippen LogP contribution in [0.4, 0.5) is 0 Å². The van der Waals surface area contributed by atoms with Gasteiger partial charge in [0.2, 0.25) is 0 Å². The first kappa shape index (κ1) is 10.2. The average Bonchev–Trinajstić information content (AvgIpc) is 2.04. The number of nitrogens with zero attached hydrogens (tertiary/aromatic N) is 1. The molecule has 3 nitrogen and oxygen atoms in total. The Morgan fingerprint density at radius 2 is 1.69 bits per heavy atom. The molecule has 0 saturated heterocycles. The van der Waals surface area contributed by atoms with E-state index in [9.17, 15) is 8.42 Å². The lowest BCUT2D eigenvalue weighted by Crippen LogP contribution is -2.22. The van der Waals surface area contributed by atoms with Gasteiger partial charge in [0, 0.05) is 6.04 Å². The Labute approximate surface area is 78.8 Å². The highest BCUT2D eigenvalue weighted by Crippen LogP contribution is 2.08. The minimum atomic E-state index is -3.43. The van der Waals surface area contributed by atoms with E-state index in [-0.39, 0.29) is 10.9 Å². The molecule has 13 heavy (non-hydrogen) atoms. The first-order chi connectivity index (χ1) is 6.02. The van der Waals surface area contributed by atoms with Crippen LogP contribution >= 0.6 is 0 Å². The van der Waals surface area contributed by atoms with E-state index in [1.807, 2.05) is 0 Å². The zero-order valence-corrected chi connectivity index (χ0v) is 8.45. The largest absolute Gasteiger partial charge is 0.257 e. The summed E-state index contributed by atoms with van der Waals surface area (Å²) in [5.74, 6) is 0. The molecule has 0 aliphatic carbocycles. The van der Waals surface area contributed by atoms with Crippen molar-refractivity contribution < 1.29 is 8.42 Å². The third-order valence-electron chi connectivity index (χ3n) is 1.39. The highest BCUT2D eigenvalue weighted by Gasteiger charge is 2.15. The van der Waals surface area contributed by atoms with Crippen molar-refractivity contribution in [2.45, 2.75) is 24.8 Å². The van der Waals surface area contributed by atoms with E-state index in [1.54, 1.807) is 44.2 Å². The molecule has 4 heteroatoms. The Balaban J connectivity index is 2.96. The molecule has 1 aromatic carbocycles. The van der Waals surface area contributed by atoms with Gasteiger partial charge in [-0.15, -0.1) is 4.72 Å². The van der Waals surface area contributed by atoms with Crippen LogP contribution in [0.3, 0.4) is 0 Å². The van der Waals surface area contributed by atoms with Gasteiger partial charge < -0.3 is 0 Å². The second-order valence-electron chi connectivity index (χ2n) is 2.99. The highest BCUT2D eigenvalue weighted by molar-refractivity contribution is 7.89. The molecule has 0 fully saturated rings. The van der Waals surface area contributed by atoms with E-state index in [0.717, 1.165) is 0 Å². The maximum atomic E-state index is 11.5. The van der Waals surface area contributed by atoms with Crippen molar-refractivity contribution in [3.63, 3.8) is 0 Å². The first-order valence-electron chi connectivity index (χ1n) is 4.04. The van der Waals surface area contributed by atoms with E-state index in [1.165, 1.54) is 0 Å². The van der Waals surface area contributed by atoms with Gasteiger partial charge in [-0.25, -0.2) is 8.42 Å². The molecule has 0 aromatic heterocycles. The monoisotopic (exact) mass is 198 g/mol. The van der Waals surface area contributed by atoms with Crippen LogP contribution in [0, 0.1) is 0 Å². The van der Waals surface area contributed by atoms with Gasteiger partial charge in [0.25, 0.3) is 10.0 Å². The van der Waals surface area contributed by atoms with Gasteiger partial charge in [0.05, 0.1) is 4.90 Å². The van der Waals surface area contributed by atoms with Gasteiger partial charge in [0.1, 0.15) is 0 Å². The average molecular weight is 198 g/mol. The van der Waals surface area contributed by atoms with Crippen LogP contribution in [0.5, 0.6) is 0 Å². The van der Waals surface area contributed by atoms with Crippen LogP contribution in [0.25, 0.3) is 0 Å². The van der Waals surface area contributed by atoms with Crippen LogP contribution < -0.4 is 4.72 Å². The molecular formula is C9H12NO2S. The smallest absolute Gasteiger partial charge is 0.206 e. The molecule has 0 unspecified atom stereocenters. The van der Waals surface area contributed by atoms with Crippen molar-refractivity contribution in [2.75, 3.05) is 0 Å². The normalized spacial score (nSPS) is 11.9. The molecule has 0 aliphatic heterocycles. The fourth-order valence-electron chi connectivity index (χ4n) is 0.931. The molecule has 0 N–H and O–H groups in total. The van der Waals surface area contributed by atoms with Gasteiger partial charge in [-0.1, -0.05) is 18.2 Å². The molecular weight excluding hydrogens is 186 g/mol. The second-order valence-corrected chi connectivity index (χ2v) is 4.62. The van der Waals surface area contributed by atoms with Gasteiger partial charge in [-0.2, -0.15) is 0 Å². The molecule has 71 valence electrons. The molecule has 0 bridgehead atoms. The summed E-state index contributed by atoms with van der Waals surface area (Å²) in [4.78, 5) is 0.253. The summed E-state index contributed by atoms with van der Waals surface area (Å²) in [6.45, 7) is 3.47. The van der Waals surface area contributed by atoms with E-state index >= 15 is 0 Å². The summed E-state index contributed by atoms with van der Waals surface area (Å²) < 4.78 is 26.6. The zero-order valence-electron chi connectivity index (χ0n) is 7.64. The fraction of sp³-hybridized carbons (Fsp3) is 0.333. The lowest BCUT2D eigenvalue weighted by molar-refractivity contribution is 0.567. The molecule has 1 rings (SSSR count). The molecule has 1 aromatic rings. The lowest BCUT2D eigenvalue weighted by atomic mass is 10.4. The zero-order chi connectivity index (χ0) is 9.90. The minimum absolute atomic E-state index is 0.204. The van der Waals surface area contributed by atoms with Crippen molar-refractivity contribution in [2.24, 2.45) is 0 Å². The number of rotatable bonds is 3. The van der Waals surface area contributed by atoms with Crippen LogP contribution in [0.2, 0.25) is 0 Å². The van der Waals surface area contributed by atoms with Crippen molar-refractivity contribution in [3.8, 4) is 0 Å². The van der Waals surface area contributed by atoms with Gasteiger partial charge in [-0.3, -0.25) is 0 Å². The highest BCUT2D eigenvalue weighted by atomic mass is 32.2. The van der Waals surface area contributed by atoms with Gasteiger partial charge in [0.15, 0.2) is 0 Å². The number of benzene rings is 1. The van der Waals surface area contributed by atoms with E-state index in [2.05, 4.69) is 4.72 Å². The van der Waals surface area contributed by atoms with Crippen LogP contribution in [0.1, 0.15) is 13.8 Å². The second kappa shape index (κ2) is 3.89. The fourth-order valence-corrected chi connectivity index (χ4v) is 2.11. The summed E-state index contributed by atoms with van der Waals surface area (Å²) in [7, 11) is -3.43. The van der Waals surface area contributed by atoms with Crippen molar-refractivity contribution >= 4 is 10.0 Å². The van der Waals surface area contributed by atoms with Crippen LogP contribution in [-0.2, 0) is 10.0 Å². The SMILES string of the molecule is CC(C)[N]S(=O)(=O)c1ccccc1. The third-order valence-corrected chi connectivity index (χ3v) is 2.96. The Hall–Kier alpha value is -0.870. The van der Waals surface area contributed by atoms with Crippen molar-refractivity contribution in [1.29, 1.82) is 0 Å². The Bertz CT molecular complexity index is 356. The summed E-state index contributed by atoms with van der Waals surface area (Å²) in [5, 5.41) is 0. The molecule has 0 amide bonds. The quantitative estimate of drug-likeness (QED) is 0.736. The maximum absolute atomic E-state index is 11.5. The van der Waals surface area contributed by atoms with Crippen LogP contribution in [0.15, 0.2) is 35.2 Å². The Kier molecular flexibility index (Phi) is 3.06. The first-order valence-corrected chi connectivity index (χ1v) is 5.48. The third kappa shape index (κ3) is 2.82. The van der Waals surface area contributed by atoms with E-state index in [4.69, 9.17) is 0 Å². The molecule has 0 heterocycles. The molecule has 0 saturated carbocycles. The van der Waals surface area contributed by atoms with Gasteiger partial charge >= 0.3 is 0 Å². The number of hydrogen-bond acceptors (Lipinski definition) is 2. The topological polar surface area (TPSA) is 48.2 Å². The summed E-state index contributed by atoms with van der Waals surface area (Å²) in [6.07, 6.45) is 0. The molecule has 0 aliphatic rings. The minimum Gasteiger partial charge on any atom is -0.206 e. The van der Waals surface area contributed by atoms with E-state index < -0.39 is 10.0 Å². The van der Waals surface area contributed by atoms with Crippen molar-refractivity contribution in [1.82, 2.24) is 4.72 Å². The molecule has 1 radical (unpaired) electrons. The number of sulfonamides is 1. The number of hydrogen-bond donors (Lipinski definition) is 0. The lowest BCUT2D eigenvalue weighted by Gasteiger charge is -2.05. The maximum Gasteiger partial charge on any atom is 0.257 e. The standard InChI is InChI=1S/C9H12NO2S/c1-8(2)10-13(11,12)9-6-4-3-5-7-9/h3-8H,1-2H3. The van der Waals surface area contributed by atoms with E-state index in [0.29, 0.717) is 0 Å². The Morgan fingerprint density at radius 1 is 1.15 bits per heavy atom. The predicted molar refractivity (Wildman–Crippen MR) is 50.9 cm³/mol. The summed E-state index contributed by atoms with van der Waals surface area (Å²) >= 11 is 0. The molecule has 0 spiro atoms. The van der Waals surface area contributed by atoms with Crippen molar-refractivity contribution in [3.05, 3.63) is 30.3 Å². The molecule has 0 atom stereocenters.